The van der Waals surface area contributed by atoms with E-state index in [0.717, 1.165) is 25.4 Å². The minimum atomic E-state index is -0.176. The summed E-state index contributed by atoms with van der Waals surface area (Å²) in [5.41, 5.74) is 0. The van der Waals surface area contributed by atoms with Gasteiger partial charge < -0.3 is 9.64 Å². The highest BCUT2D eigenvalue weighted by atomic mass is 16.6. The lowest BCUT2D eigenvalue weighted by Crippen LogP contribution is -2.34. The lowest BCUT2D eigenvalue weighted by molar-refractivity contribution is 0.0996. The number of nitrogens with two attached hydrogens (primary N) is 1. The fourth-order valence-corrected chi connectivity index (χ4v) is 2.38. The second kappa shape index (κ2) is 5.69. The van der Waals surface area contributed by atoms with Crippen molar-refractivity contribution >= 4 is 6.09 Å². The molecule has 1 amide bonds. The molecule has 0 spiro atoms. The van der Waals surface area contributed by atoms with Crippen molar-refractivity contribution in [2.24, 2.45) is 17.7 Å². The van der Waals surface area contributed by atoms with E-state index in [4.69, 9.17) is 10.6 Å². The largest absolute Gasteiger partial charge is 0.448 e. The van der Waals surface area contributed by atoms with Crippen LogP contribution in [0.3, 0.4) is 0 Å². The van der Waals surface area contributed by atoms with Crippen LogP contribution in [0.15, 0.2) is 0 Å². The molecule has 1 saturated heterocycles. The van der Waals surface area contributed by atoms with Gasteiger partial charge in [-0.15, -0.1) is 0 Å². The number of carbonyl (C=O) groups is 1. The van der Waals surface area contributed by atoms with Gasteiger partial charge in [0.05, 0.1) is 0 Å². The molecule has 1 aliphatic heterocycles. The van der Waals surface area contributed by atoms with Crippen LogP contribution in [0.5, 0.6) is 0 Å². The second-order valence-corrected chi connectivity index (χ2v) is 5.37. The third-order valence-corrected chi connectivity index (χ3v) is 3.58. The van der Waals surface area contributed by atoms with E-state index in [-0.39, 0.29) is 6.09 Å². The number of likely N-dealkylation sites (tertiary alicyclic amines) is 1. The summed E-state index contributed by atoms with van der Waals surface area (Å²) in [4.78, 5) is 13.6. The Morgan fingerprint density at radius 3 is 2.82 bits per heavy atom. The van der Waals surface area contributed by atoms with Gasteiger partial charge in [-0.25, -0.2) is 9.80 Å². The molecule has 2 aliphatic rings. The van der Waals surface area contributed by atoms with Crippen LogP contribution in [0.25, 0.3) is 0 Å². The zero-order valence-electron chi connectivity index (χ0n) is 10.6. The fraction of sp³-hybridized carbons (Fsp3) is 0.917. The van der Waals surface area contributed by atoms with Crippen molar-refractivity contribution in [2.75, 3.05) is 33.3 Å². The van der Waals surface area contributed by atoms with E-state index in [2.05, 4.69) is 0 Å². The molecule has 1 atom stereocenters. The highest BCUT2D eigenvalue weighted by molar-refractivity contribution is 5.67. The van der Waals surface area contributed by atoms with Crippen LogP contribution in [0.4, 0.5) is 4.79 Å². The van der Waals surface area contributed by atoms with Crippen LogP contribution in [0.2, 0.25) is 0 Å². The first-order valence-electron chi connectivity index (χ1n) is 6.52. The predicted molar refractivity (Wildman–Crippen MR) is 65.2 cm³/mol. The molecule has 2 fully saturated rings. The number of hydrogen-bond donors (Lipinski definition) is 1. The number of carbonyl (C=O) groups excluding carboxylic acids is 1. The van der Waals surface area contributed by atoms with Gasteiger partial charge in [-0.1, -0.05) is 12.8 Å². The third-order valence-electron chi connectivity index (χ3n) is 3.58. The monoisotopic (exact) mass is 241 g/mol. The summed E-state index contributed by atoms with van der Waals surface area (Å²) in [5.74, 6) is 7.09. The summed E-state index contributed by atoms with van der Waals surface area (Å²) in [6, 6.07) is 0. The molecule has 17 heavy (non-hydrogen) atoms. The van der Waals surface area contributed by atoms with Gasteiger partial charge in [0.1, 0.15) is 6.61 Å². The van der Waals surface area contributed by atoms with Crippen LogP contribution >= 0.6 is 0 Å². The minimum absolute atomic E-state index is 0.176. The van der Waals surface area contributed by atoms with E-state index in [1.54, 1.807) is 7.05 Å². The van der Waals surface area contributed by atoms with Crippen molar-refractivity contribution in [3.63, 3.8) is 0 Å². The van der Waals surface area contributed by atoms with E-state index in [0.29, 0.717) is 19.1 Å². The smallest absolute Gasteiger partial charge is 0.409 e. The average Bonchev–Trinajstić information content (AvgIpc) is 2.93. The Kier molecular flexibility index (Phi) is 4.23. The molecule has 5 nitrogen and oxygen atoms in total. The molecular formula is C12H23N3O2. The Morgan fingerprint density at radius 1 is 1.41 bits per heavy atom. The Hall–Kier alpha value is -0.810. The van der Waals surface area contributed by atoms with Gasteiger partial charge in [0, 0.05) is 26.7 Å². The Balaban J connectivity index is 1.62. The molecule has 0 aromatic heterocycles. The van der Waals surface area contributed by atoms with Crippen molar-refractivity contribution in [3.05, 3.63) is 0 Å². The number of nitrogens with zero attached hydrogens (tertiary/aromatic N) is 2. The molecule has 1 aliphatic carbocycles. The lowest BCUT2D eigenvalue weighted by Gasteiger charge is -2.17. The molecule has 0 aromatic rings. The first-order valence-corrected chi connectivity index (χ1v) is 6.52. The van der Waals surface area contributed by atoms with E-state index in [1.165, 1.54) is 24.3 Å². The molecule has 5 heteroatoms. The van der Waals surface area contributed by atoms with Crippen molar-refractivity contribution in [3.8, 4) is 0 Å². The normalized spacial score (nSPS) is 24.4. The van der Waals surface area contributed by atoms with Crippen LogP contribution < -0.4 is 5.84 Å². The second-order valence-electron chi connectivity index (χ2n) is 5.37. The molecule has 1 unspecified atom stereocenters. The van der Waals surface area contributed by atoms with Gasteiger partial charge in [0.15, 0.2) is 0 Å². The molecule has 0 aromatic carbocycles. The number of hydrazine groups is 1. The maximum absolute atomic E-state index is 11.7. The minimum Gasteiger partial charge on any atom is -0.448 e. The van der Waals surface area contributed by atoms with Crippen molar-refractivity contribution < 1.29 is 9.53 Å². The lowest BCUT2D eigenvalue weighted by atomic mass is 10.0. The van der Waals surface area contributed by atoms with Crippen molar-refractivity contribution in [1.82, 2.24) is 9.91 Å². The maximum atomic E-state index is 11.7. The quantitative estimate of drug-likeness (QED) is 0.577. The number of ether oxygens (including phenoxy) is 1. The third kappa shape index (κ3) is 4.16. The van der Waals surface area contributed by atoms with Gasteiger partial charge in [0.2, 0.25) is 0 Å². The standard InChI is InChI=1S/C12H23N3O2/c1-14(13)6-7-17-12(16)15-5-4-11(9-15)8-10-2-3-10/h10-11H,2-9,13H2,1H3. The Labute approximate surface area is 103 Å². The van der Waals surface area contributed by atoms with Gasteiger partial charge in [-0.2, -0.15) is 0 Å². The number of amides is 1. The Morgan fingerprint density at radius 2 is 2.18 bits per heavy atom. The maximum Gasteiger partial charge on any atom is 0.409 e. The SMILES string of the molecule is CN(N)CCOC(=O)N1CCC(CC2CC2)C1. The Bertz CT molecular complexity index is 266. The van der Waals surface area contributed by atoms with Gasteiger partial charge in [-0.05, 0) is 24.7 Å². The first kappa shape index (κ1) is 12.6. The molecule has 0 bridgehead atoms. The molecule has 2 rings (SSSR count). The fourth-order valence-electron chi connectivity index (χ4n) is 2.38. The summed E-state index contributed by atoms with van der Waals surface area (Å²) >= 11 is 0. The zero-order chi connectivity index (χ0) is 12.3. The summed E-state index contributed by atoms with van der Waals surface area (Å²) < 4.78 is 5.17. The van der Waals surface area contributed by atoms with Gasteiger partial charge in [0.25, 0.3) is 0 Å². The van der Waals surface area contributed by atoms with Gasteiger partial charge >= 0.3 is 6.09 Å². The molecule has 0 radical (unpaired) electrons. The molecule has 1 heterocycles. The zero-order valence-corrected chi connectivity index (χ0v) is 10.6. The summed E-state index contributed by atoms with van der Waals surface area (Å²) in [6.07, 6.45) is 5.05. The van der Waals surface area contributed by atoms with Crippen LogP contribution in [-0.2, 0) is 4.74 Å². The number of hydrogen-bond acceptors (Lipinski definition) is 4. The van der Waals surface area contributed by atoms with Crippen LogP contribution in [0.1, 0.15) is 25.7 Å². The summed E-state index contributed by atoms with van der Waals surface area (Å²) in [5, 5.41) is 1.52. The predicted octanol–water partition coefficient (Wildman–Crippen LogP) is 1.05. The van der Waals surface area contributed by atoms with Crippen molar-refractivity contribution in [1.29, 1.82) is 0 Å². The van der Waals surface area contributed by atoms with E-state index >= 15 is 0 Å². The van der Waals surface area contributed by atoms with E-state index < -0.39 is 0 Å². The van der Waals surface area contributed by atoms with E-state index in [1.807, 2.05) is 4.90 Å². The molecule has 1 saturated carbocycles. The van der Waals surface area contributed by atoms with Crippen molar-refractivity contribution in [2.45, 2.75) is 25.7 Å². The highest BCUT2D eigenvalue weighted by Gasteiger charge is 2.32. The van der Waals surface area contributed by atoms with Crippen LogP contribution in [-0.4, -0.2) is 49.3 Å². The summed E-state index contributed by atoms with van der Waals surface area (Å²) in [6.45, 7) is 2.68. The molecule has 98 valence electrons. The summed E-state index contributed by atoms with van der Waals surface area (Å²) in [7, 11) is 1.76. The van der Waals surface area contributed by atoms with Gasteiger partial charge in [-0.3, -0.25) is 5.84 Å². The topological polar surface area (TPSA) is 58.8 Å². The average molecular weight is 241 g/mol. The molecular weight excluding hydrogens is 218 g/mol. The number of rotatable bonds is 5. The molecule has 2 N–H and O–H groups in total. The van der Waals surface area contributed by atoms with Crippen LogP contribution in [0, 0.1) is 11.8 Å². The van der Waals surface area contributed by atoms with E-state index in [9.17, 15) is 4.79 Å². The first-order chi connectivity index (χ1) is 8.15. The number of likely N-dealkylation sites (N-methyl/N-ethyl adjacent to an activating group) is 1. The highest BCUT2D eigenvalue weighted by Crippen LogP contribution is 2.37.